The molecule has 6 heteroatoms. The first-order valence-electron chi connectivity index (χ1n) is 6.68. The predicted octanol–water partition coefficient (Wildman–Crippen LogP) is 2.59. The molecule has 0 amide bonds. The van der Waals surface area contributed by atoms with E-state index < -0.39 is 0 Å². The van der Waals surface area contributed by atoms with Gasteiger partial charge in [0.25, 0.3) is 0 Å². The maximum atomic E-state index is 5.51. The van der Waals surface area contributed by atoms with Crippen molar-refractivity contribution in [2.75, 3.05) is 19.8 Å². The number of nitrogens with one attached hydrogen (secondary N) is 1. The van der Waals surface area contributed by atoms with Gasteiger partial charge >= 0.3 is 0 Å². The van der Waals surface area contributed by atoms with E-state index in [1.807, 2.05) is 24.3 Å². The fourth-order valence-electron chi connectivity index (χ4n) is 2.39. The Morgan fingerprint density at radius 3 is 3.10 bits per heavy atom. The number of benzene rings is 1. The molecule has 1 aliphatic rings. The first kappa shape index (κ1) is 13.7. The fourth-order valence-corrected chi connectivity index (χ4v) is 2.79. The van der Waals surface area contributed by atoms with E-state index in [-0.39, 0.29) is 12.0 Å². The van der Waals surface area contributed by atoms with Crippen molar-refractivity contribution in [3.05, 3.63) is 34.6 Å². The molecule has 0 radical (unpaired) electrons. The highest BCUT2D eigenvalue weighted by molar-refractivity contribution is 9.10. The standard InChI is InChI=1S/C14H16BrN3O2/c1-2-16-12-8-19-7-11(12)14-17-13(18-20-14)9-4-3-5-10(15)6-9/h3-6,11-12,16H,2,7-8H2,1H3. The van der Waals surface area contributed by atoms with Gasteiger partial charge in [-0.05, 0) is 18.7 Å². The summed E-state index contributed by atoms with van der Waals surface area (Å²) in [5, 5.41) is 7.47. The van der Waals surface area contributed by atoms with Crippen molar-refractivity contribution in [2.45, 2.75) is 18.9 Å². The van der Waals surface area contributed by atoms with Gasteiger partial charge in [0, 0.05) is 16.1 Å². The van der Waals surface area contributed by atoms with Gasteiger partial charge in [-0.2, -0.15) is 4.98 Å². The topological polar surface area (TPSA) is 60.2 Å². The molecule has 1 N–H and O–H groups in total. The number of halogens is 1. The van der Waals surface area contributed by atoms with Gasteiger partial charge in [-0.1, -0.05) is 40.1 Å². The lowest BCUT2D eigenvalue weighted by Gasteiger charge is -2.13. The number of hydrogen-bond donors (Lipinski definition) is 1. The molecule has 0 aliphatic carbocycles. The lowest BCUT2D eigenvalue weighted by Crippen LogP contribution is -2.34. The molecule has 1 fully saturated rings. The van der Waals surface area contributed by atoms with Crippen LogP contribution in [0, 0.1) is 0 Å². The third-order valence-electron chi connectivity index (χ3n) is 3.39. The van der Waals surface area contributed by atoms with Crippen LogP contribution in [-0.4, -0.2) is 35.9 Å². The van der Waals surface area contributed by atoms with Gasteiger partial charge in [-0.15, -0.1) is 0 Å². The zero-order valence-electron chi connectivity index (χ0n) is 11.2. The summed E-state index contributed by atoms with van der Waals surface area (Å²) in [5.74, 6) is 1.38. The summed E-state index contributed by atoms with van der Waals surface area (Å²) in [4.78, 5) is 4.52. The Bertz CT molecular complexity index is 587. The molecule has 2 aromatic rings. The Kier molecular flexibility index (Phi) is 4.14. The molecular weight excluding hydrogens is 322 g/mol. The minimum absolute atomic E-state index is 0.128. The number of likely N-dealkylation sites (N-methyl/N-ethyl adjacent to an activating group) is 1. The minimum Gasteiger partial charge on any atom is -0.379 e. The number of hydrogen-bond acceptors (Lipinski definition) is 5. The molecule has 2 atom stereocenters. The van der Waals surface area contributed by atoms with Crippen LogP contribution >= 0.6 is 15.9 Å². The van der Waals surface area contributed by atoms with Gasteiger partial charge in [0.1, 0.15) is 0 Å². The monoisotopic (exact) mass is 337 g/mol. The number of ether oxygens (including phenoxy) is 1. The van der Waals surface area contributed by atoms with E-state index in [1.165, 1.54) is 0 Å². The first-order valence-corrected chi connectivity index (χ1v) is 7.48. The summed E-state index contributed by atoms with van der Waals surface area (Å²) >= 11 is 3.45. The highest BCUT2D eigenvalue weighted by atomic mass is 79.9. The van der Waals surface area contributed by atoms with Crippen LogP contribution in [0.3, 0.4) is 0 Å². The van der Waals surface area contributed by atoms with Gasteiger partial charge in [0.2, 0.25) is 11.7 Å². The Balaban J connectivity index is 1.83. The van der Waals surface area contributed by atoms with Crippen molar-refractivity contribution in [1.29, 1.82) is 0 Å². The summed E-state index contributed by atoms with van der Waals surface area (Å²) in [5.41, 5.74) is 0.938. The average Bonchev–Trinajstić information content (AvgIpc) is 3.07. The van der Waals surface area contributed by atoms with E-state index in [1.54, 1.807) is 0 Å². The summed E-state index contributed by atoms with van der Waals surface area (Å²) in [6.07, 6.45) is 0. The summed E-state index contributed by atoms with van der Waals surface area (Å²) in [6, 6.07) is 8.11. The highest BCUT2D eigenvalue weighted by Gasteiger charge is 2.33. The molecule has 1 aliphatic heterocycles. The molecule has 0 saturated carbocycles. The molecule has 0 spiro atoms. The number of aromatic nitrogens is 2. The molecule has 3 rings (SSSR count). The molecule has 1 aromatic carbocycles. The van der Waals surface area contributed by atoms with Crippen LogP contribution in [-0.2, 0) is 4.74 Å². The molecule has 1 saturated heterocycles. The Morgan fingerprint density at radius 1 is 1.40 bits per heavy atom. The van der Waals surface area contributed by atoms with Crippen LogP contribution < -0.4 is 5.32 Å². The fraction of sp³-hybridized carbons (Fsp3) is 0.429. The largest absolute Gasteiger partial charge is 0.379 e. The van der Waals surface area contributed by atoms with Gasteiger partial charge < -0.3 is 14.6 Å². The van der Waals surface area contributed by atoms with Crippen molar-refractivity contribution in [3.63, 3.8) is 0 Å². The second-order valence-electron chi connectivity index (χ2n) is 4.77. The second kappa shape index (κ2) is 6.03. The van der Waals surface area contributed by atoms with Crippen LogP contribution in [0.25, 0.3) is 11.4 Å². The lowest BCUT2D eigenvalue weighted by molar-refractivity contribution is 0.185. The maximum absolute atomic E-state index is 5.51. The first-order chi connectivity index (χ1) is 9.78. The van der Waals surface area contributed by atoms with Crippen molar-refractivity contribution >= 4 is 15.9 Å². The molecule has 20 heavy (non-hydrogen) atoms. The Morgan fingerprint density at radius 2 is 2.30 bits per heavy atom. The van der Waals surface area contributed by atoms with Crippen molar-refractivity contribution in [3.8, 4) is 11.4 Å². The lowest BCUT2D eigenvalue weighted by atomic mass is 10.0. The van der Waals surface area contributed by atoms with Gasteiger partial charge in [0.15, 0.2) is 0 Å². The molecular formula is C14H16BrN3O2. The van der Waals surface area contributed by atoms with Crippen LogP contribution in [0.2, 0.25) is 0 Å². The van der Waals surface area contributed by atoms with Crippen molar-refractivity contribution < 1.29 is 9.26 Å². The summed E-state index contributed by atoms with van der Waals surface area (Å²) in [6.45, 7) is 4.29. The summed E-state index contributed by atoms with van der Waals surface area (Å²) < 4.78 is 11.9. The number of nitrogens with zero attached hydrogens (tertiary/aromatic N) is 2. The number of rotatable bonds is 4. The van der Waals surface area contributed by atoms with Crippen LogP contribution in [0.5, 0.6) is 0 Å². The second-order valence-corrected chi connectivity index (χ2v) is 5.69. The third kappa shape index (κ3) is 2.77. The molecule has 0 bridgehead atoms. The van der Waals surface area contributed by atoms with Gasteiger partial charge in [0.05, 0.1) is 19.1 Å². The van der Waals surface area contributed by atoms with E-state index in [9.17, 15) is 0 Å². The normalized spacial score (nSPS) is 22.3. The molecule has 2 unspecified atom stereocenters. The SMILES string of the molecule is CCNC1COCC1c1nc(-c2cccc(Br)c2)no1. The van der Waals surface area contributed by atoms with Crippen molar-refractivity contribution in [2.24, 2.45) is 0 Å². The van der Waals surface area contributed by atoms with E-state index in [0.717, 1.165) is 16.6 Å². The molecule has 106 valence electrons. The third-order valence-corrected chi connectivity index (χ3v) is 3.88. The Labute approximate surface area is 125 Å². The zero-order chi connectivity index (χ0) is 13.9. The molecule has 1 aromatic heterocycles. The van der Waals surface area contributed by atoms with E-state index >= 15 is 0 Å². The quantitative estimate of drug-likeness (QED) is 0.929. The van der Waals surface area contributed by atoms with Gasteiger partial charge in [-0.25, -0.2) is 0 Å². The van der Waals surface area contributed by atoms with Crippen LogP contribution in [0.15, 0.2) is 33.3 Å². The zero-order valence-corrected chi connectivity index (χ0v) is 12.8. The van der Waals surface area contributed by atoms with Crippen molar-refractivity contribution in [1.82, 2.24) is 15.5 Å². The highest BCUT2D eigenvalue weighted by Crippen LogP contribution is 2.27. The van der Waals surface area contributed by atoms with E-state index in [0.29, 0.717) is 24.9 Å². The maximum Gasteiger partial charge on any atom is 0.234 e. The Hall–Kier alpha value is -1.24. The van der Waals surface area contributed by atoms with Gasteiger partial charge in [-0.3, -0.25) is 0 Å². The smallest absolute Gasteiger partial charge is 0.234 e. The van der Waals surface area contributed by atoms with Crippen LogP contribution in [0.1, 0.15) is 18.7 Å². The molecule has 5 nitrogen and oxygen atoms in total. The minimum atomic E-state index is 0.128. The molecule has 2 heterocycles. The van der Waals surface area contributed by atoms with E-state index in [4.69, 9.17) is 9.26 Å². The predicted molar refractivity (Wildman–Crippen MR) is 78.5 cm³/mol. The summed E-state index contributed by atoms with van der Waals surface area (Å²) in [7, 11) is 0. The van der Waals surface area contributed by atoms with Crippen LogP contribution in [0.4, 0.5) is 0 Å². The average molecular weight is 338 g/mol. The van der Waals surface area contributed by atoms with E-state index in [2.05, 4.69) is 38.3 Å².